The summed E-state index contributed by atoms with van der Waals surface area (Å²) in [5.41, 5.74) is 1.37. The molecule has 1 amide bonds. The zero-order valence-electron chi connectivity index (χ0n) is 17.0. The molecule has 0 saturated heterocycles. The third-order valence-corrected chi connectivity index (χ3v) is 5.15. The zero-order valence-corrected chi connectivity index (χ0v) is 17.0. The lowest BCUT2D eigenvalue weighted by Gasteiger charge is -2.30. The van der Waals surface area contributed by atoms with Crippen molar-refractivity contribution >= 4 is 11.7 Å². The van der Waals surface area contributed by atoms with E-state index in [1.807, 2.05) is 34.6 Å². The molecule has 7 heteroatoms. The van der Waals surface area contributed by atoms with Gasteiger partial charge in [0.15, 0.2) is 5.82 Å². The Morgan fingerprint density at radius 2 is 1.81 bits per heavy atom. The summed E-state index contributed by atoms with van der Waals surface area (Å²) in [5.74, 6) is -0.734. The second-order valence-corrected chi connectivity index (χ2v) is 8.58. The lowest BCUT2D eigenvalue weighted by molar-refractivity contribution is -0.179. The van der Waals surface area contributed by atoms with Crippen LogP contribution < -0.4 is 5.32 Å². The molecule has 2 heterocycles. The fraction of sp³-hybridized carbons (Fsp3) is 0.800. The summed E-state index contributed by atoms with van der Waals surface area (Å²) >= 11 is 0. The van der Waals surface area contributed by atoms with E-state index in [-0.39, 0.29) is 36.6 Å². The average Bonchev–Trinajstić information content (AvgIpc) is 2.82. The van der Waals surface area contributed by atoms with Crippen LogP contribution in [-0.2, 0) is 17.8 Å². The van der Waals surface area contributed by atoms with Gasteiger partial charge in [-0.15, -0.1) is 0 Å². The van der Waals surface area contributed by atoms with Crippen LogP contribution in [0.15, 0.2) is 0 Å². The number of aryl methyl sites for hydroxylation is 1. The molecule has 0 bridgehead atoms. The Kier molecular flexibility index (Phi) is 6.63. The highest BCUT2D eigenvalue weighted by atomic mass is 19.4. The smallest absolute Gasteiger partial charge is 0.309 e. The van der Waals surface area contributed by atoms with Crippen molar-refractivity contribution in [3.63, 3.8) is 0 Å². The van der Waals surface area contributed by atoms with Crippen LogP contribution in [0, 0.1) is 11.3 Å². The Morgan fingerprint density at radius 1 is 1.19 bits per heavy atom. The Balaban J connectivity index is 0.00000126. The first-order valence-corrected chi connectivity index (χ1v) is 10.0. The van der Waals surface area contributed by atoms with Crippen LogP contribution >= 0.6 is 0 Å². The molecule has 1 N–H and O–H groups in total. The molecule has 1 aliphatic heterocycles. The number of alkyl halides is 3. The number of nitrogens with one attached hydrogen (secondary N) is 1. The van der Waals surface area contributed by atoms with Gasteiger partial charge < -0.3 is 5.32 Å². The highest BCUT2D eigenvalue weighted by Crippen LogP contribution is 2.45. The number of nitrogens with zero attached hydrogens (tertiary/aromatic N) is 2. The number of hydrogen-bond donors (Lipinski definition) is 1. The van der Waals surface area contributed by atoms with Gasteiger partial charge in [-0.25, -0.2) is 0 Å². The number of anilines is 1. The molecule has 0 spiro atoms. The van der Waals surface area contributed by atoms with Crippen molar-refractivity contribution in [2.75, 3.05) is 5.32 Å². The highest BCUT2D eigenvalue weighted by Gasteiger charge is 2.43. The molecule has 3 rings (SSSR count). The van der Waals surface area contributed by atoms with E-state index in [0.717, 1.165) is 24.8 Å². The van der Waals surface area contributed by atoms with Gasteiger partial charge in [0.05, 0.1) is 5.92 Å². The summed E-state index contributed by atoms with van der Waals surface area (Å²) in [4.78, 5) is 12.3. The standard InChI is InChI=1S/C18H26F3N3O.C2H6/c1-17(2,3)10-14(25)22-16-15(11-5-4-6-11)13-9-12(18(19,20)21)7-8-24(13)23-16;1-2/h11-12H,4-10H2,1-3H3,(H,22,23,25);1-2H3. The van der Waals surface area contributed by atoms with Gasteiger partial charge in [0.2, 0.25) is 5.91 Å². The second kappa shape index (κ2) is 8.23. The highest BCUT2D eigenvalue weighted by molar-refractivity contribution is 5.91. The Labute approximate surface area is 159 Å². The predicted octanol–water partition coefficient (Wildman–Crippen LogP) is 5.68. The molecule has 2 aliphatic rings. The number of amides is 1. The molecule has 1 unspecified atom stereocenters. The molecule has 1 fully saturated rings. The van der Waals surface area contributed by atoms with E-state index in [2.05, 4.69) is 10.4 Å². The van der Waals surface area contributed by atoms with Gasteiger partial charge in [0, 0.05) is 30.6 Å². The minimum Gasteiger partial charge on any atom is -0.309 e. The van der Waals surface area contributed by atoms with E-state index in [0.29, 0.717) is 17.9 Å². The van der Waals surface area contributed by atoms with Crippen molar-refractivity contribution in [2.24, 2.45) is 11.3 Å². The first-order valence-electron chi connectivity index (χ1n) is 10.0. The maximum absolute atomic E-state index is 13.2. The van der Waals surface area contributed by atoms with Crippen molar-refractivity contribution < 1.29 is 18.0 Å². The van der Waals surface area contributed by atoms with Crippen molar-refractivity contribution in [1.29, 1.82) is 0 Å². The number of halogens is 3. The monoisotopic (exact) mass is 387 g/mol. The Morgan fingerprint density at radius 3 is 2.30 bits per heavy atom. The van der Waals surface area contributed by atoms with Gasteiger partial charge in [-0.3, -0.25) is 9.48 Å². The third kappa shape index (κ3) is 5.26. The quantitative estimate of drug-likeness (QED) is 0.726. The molecule has 1 atom stereocenters. The molecule has 154 valence electrons. The fourth-order valence-electron chi connectivity index (χ4n) is 3.68. The lowest BCUT2D eigenvalue weighted by Crippen LogP contribution is -2.32. The van der Waals surface area contributed by atoms with Crippen LogP contribution in [-0.4, -0.2) is 21.9 Å². The van der Waals surface area contributed by atoms with Gasteiger partial charge in [0.25, 0.3) is 0 Å². The van der Waals surface area contributed by atoms with Crippen molar-refractivity contribution in [2.45, 2.75) is 91.8 Å². The van der Waals surface area contributed by atoms with Crippen LogP contribution in [0.25, 0.3) is 0 Å². The predicted molar refractivity (Wildman–Crippen MR) is 101 cm³/mol. The van der Waals surface area contributed by atoms with Crippen LogP contribution in [0.4, 0.5) is 19.0 Å². The average molecular weight is 387 g/mol. The number of carbonyl (C=O) groups is 1. The van der Waals surface area contributed by atoms with E-state index in [1.54, 1.807) is 4.68 Å². The van der Waals surface area contributed by atoms with Crippen LogP contribution in [0.2, 0.25) is 0 Å². The largest absolute Gasteiger partial charge is 0.392 e. The molecule has 27 heavy (non-hydrogen) atoms. The van der Waals surface area contributed by atoms with Gasteiger partial charge in [-0.05, 0) is 30.6 Å². The molecular formula is C20H32F3N3O. The Bertz CT molecular complexity index is 655. The molecule has 0 aromatic carbocycles. The molecule has 1 saturated carbocycles. The molecule has 1 aliphatic carbocycles. The molecule has 4 nitrogen and oxygen atoms in total. The van der Waals surface area contributed by atoms with Crippen LogP contribution in [0.5, 0.6) is 0 Å². The van der Waals surface area contributed by atoms with Gasteiger partial charge >= 0.3 is 6.18 Å². The normalized spacial score (nSPS) is 20.2. The van der Waals surface area contributed by atoms with E-state index in [4.69, 9.17) is 0 Å². The zero-order chi connectivity index (χ0) is 20.4. The summed E-state index contributed by atoms with van der Waals surface area (Å²) < 4.78 is 41.2. The van der Waals surface area contributed by atoms with E-state index >= 15 is 0 Å². The molecule has 1 aromatic heterocycles. The summed E-state index contributed by atoms with van der Waals surface area (Å²) in [6.45, 7) is 10.2. The minimum absolute atomic E-state index is 0.0303. The lowest BCUT2D eigenvalue weighted by atomic mass is 9.78. The number of carbonyl (C=O) groups excluding carboxylic acids is 1. The van der Waals surface area contributed by atoms with E-state index in [9.17, 15) is 18.0 Å². The summed E-state index contributed by atoms with van der Waals surface area (Å²) in [5, 5.41) is 7.33. The first kappa shape index (κ1) is 21.8. The minimum atomic E-state index is -4.18. The summed E-state index contributed by atoms with van der Waals surface area (Å²) in [6.07, 6.45) is -0.815. The number of fused-ring (bicyclic) bond motifs is 1. The van der Waals surface area contributed by atoms with Crippen molar-refractivity contribution in [1.82, 2.24) is 9.78 Å². The summed E-state index contributed by atoms with van der Waals surface area (Å²) in [6, 6.07) is 0. The van der Waals surface area contributed by atoms with E-state index < -0.39 is 12.1 Å². The number of aromatic nitrogens is 2. The van der Waals surface area contributed by atoms with Gasteiger partial charge in [-0.2, -0.15) is 18.3 Å². The number of hydrogen-bond acceptors (Lipinski definition) is 2. The third-order valence-electron chi connectivity index (χ3n) is 5.15. The SMILES string of the molecule is CC.CC(C)(C)CC(=O)Nc1nn2c(c1C1CCC1)CC(C(F)(F)F)CC2. The van der Waals surface area contributed by atoms with Gasteiger partial charge in [0.1, 0.15) is 0 Å². The second-order valence-electron chi connectivity index (χ2n) is 8.58. The molecule has 0 radical (unpaired) electrons. The first-order chi connectivity index (χ1) is 12.5. The van der Waals surface area contributed by atoms with Crippen LogP contribution in [0.3, 0.4) is 0 Å². The molecular weight excluding hydrogens is 355 g/mol. The Hall–Kier alpha value is -1.53. The van der Waals surface area contributed by atoms with Crippen molar-refractivity contribution in [3.05, 3.63) is 11.3 Å². The van der Waals surface area contributed by atoms with Gasteiger partial charge in [-0.1, -0.05) is 41.0 Å². The molecule has 1 aromatic rings. The van der Waals surface area contributed by atoms with Crippen LogP contribution in [0.1, 0.15) is 83.9 Å². The maximum Gasteiger partial charge on any atom is 0.392 e. The fourth-order valence-corrected chi connectivity index (χ4v) is 3.68. The van der Waals surface area contributed by atoms with E-state index in [1.165, 1.54) is 0 Å². The maximum atomic E-state index is 13.2. The summed E-state index contributed by atoms with van der Waals surface area (Å²) in [7, 11) is 0. The topological polar surface area (TPSA) is 46.9 Å². The number of rotatable bonds is 3. The van der Waals surface area contributed by atoms with Crippen molar-refractivity contribution in [3.8, 4) is 0 Å².